The molecule has 0 aromatic rings. The van der Waals surface area contributed by atoms with Crippen LogP contribution in [0.1, 0.15) is 0 Å². The molecule has 0 unspecified atom stereocenters. The van der Waals surface area contributed by atoms with Crippen LogP contribution in [-0.4, -0.2) is 61.6 Å². The first kappa shape index (κ1) is 13.5. The summed E-state index contributed by atoms with van der Waals surface area (Å²) in [5, 5.41) is 5.88. The van der Waals surface area contributed by atoms with Crippen LogP contribution >= 0.6 is 11.8 Å². The van der Waals surface area contributed by atoms with Crippen molar-refractivity contribution in [1.82, 2.24) is 15.5 Å². The molecular formula is C11H21N3OS. The van der Waals surface area contributed by atoms with Crippen LogP contribution in [0.2, 0.25) is 0 Å². The molecule has 0 aliphatic carbocycles. The fraction of sp³-hybridized carbons (Fsp3) is 0.727. The lowest BCUT2D eigenvalue weighted by Crippen LogP contribution is -2.41. The van der Waals surface area contributed by atoms with E-state index in [-0.39, 0.29) is 5.91 Å². The monoisotopic (exact) mass is 243 g/mol. The third-order valence-electron chi connectivity index (χ3n) is 2.43. The minimum Gasteiger partial charge on any atom is -0.354 e. The van der Waals surface area contributed by atoms with Gasteiger partial charge in [-0.2, -0.15) is 11.8 Å². The maximum atomic E-state index is 11.3. The summed E-state index contributed by atoms with van der Waals surface area (Å²) in [5.74, 6) is 2.50. The number of hydrogen-bond acceptors (Lipinski definition) is 4. The maximum absolute atomic E-state index is 11.3. The average Bonchev–Trinajstić information content (AvgIpc) is 2.31. The number of carbonyl (C=O) groups excluding carboxylic acids is 1. The summed E-state index contributed by atoms with van der Waals surface area (Å²) in [5.41, 5.74) is 0. The van der Waals surface area contributed by atoms with Gasteiger partial charge in [0.05, 0.1) is 6.54 Å². The molecule has 5 heteroatoms. The highest BCUT2D eigenvalue weighted by Gasteiger charge is 2.09. The summed E-state index contributed by atoms with van der Waals surface area (Å²) in [7, 11) is 0. The van der Waals surface area contributed by atoms with E-state index in [2.05, 4.69) is 22.1 Å². The summed E-state index contributed by atoms with van der Waals surface area (Å²) < 4.78 is 0. The number of nitrogens with zero attached hydrogens (tertiary/aromatic N) is 1. The third-order valence-corrected chi connectivity index (χ3v) is 3.37. The Hall–Kier alpha value is -0.520. The summed E-state index contributed by atoms with van der Waals surface area (Å²) in [6.07, 6.45) is 1.75. The van der Waals surface area contributed by atoms with Gasteiger partial charge < -0.3 is 10.6 Å². The van der Waals surface area contributed by atoms with Gasteiger partial charge in [0, 0.05) is 44.2 Å². The van der Waals surface area contributed by atoms with E-state index in [0.29, 0.717) is 13.1 Å². The van der Waals surface area contributed by atoms with Crippen molar-refractivity contribution in [3.63, 3.8) is 0 Å². The molecular weight excluding hydrogens is 222 g/mol. The highest BCUT2D eigenvalue weighted by atomic mass is 32.2. The lowest BCUT2D eigenvalue weighted by molar-refractivity contribution is -0.120. The van der Waals surface area contributed by atoms with Gasteiger partial charge in [-0.3, -0.25) is 9.69 Å². The van der Waals surface area contributed by atoms with Gasteiger partial charge in [-0.1, -0.05) is 6.08 Å². The normalized spacial score (nSPS) is 17.0. The van der Waals surface area contributed by atoms with Gasteiger partial charge in [0.15, 0.2) is 0 Å². The number of hydrogen-bond donors (Lipinski definition) is 2. The number of nitrogens with one attached hydrogen (secondary N) is 2. The summed E-state index contributed by atoms with van der Waals surface area (Å²) in [6, 6.07) is 0. The van der Waals surface area contributed by atoms with Crippen LogP contribution in [0.5, 0.6) is 0 Å². The van der Waals surface area contributed by atoms with Gasteiger partial charge in [0.2, 0.25) is 5.91 Å². The van der Waals surface area contributed by atoms with Crippen LogP contribution in [-0.2, 0) is 4.79 Å². The molecule has 1 heterocycles. The second-order valence-electron chi connectivity index (χ2n) is 3.72. The number of carbonyl (C=O) groups is 1. The standard InChI is InChI=1S/C11H21N3OS/c1-2-3-12-10-11(15)13-4-5-14-6-8-16-9-7-14/h2,12H,1,3-10H2,(H,13,15). The largest absolute Gasteiger partial charge is 0.354 e. The Morgan fingerprint density at radius 2 is 2.19 bits per heavy atom. The van der Waals surface area contributed by atoms with E-state index in [1.807, 2.05) is 11.8 Å². The average molecular weight is 243 g/mol. The van der Waals surface area contributed by atoms with Gasteiger partial charge >= 0.3 is 0 Å². The van der Waals surface area contributed by atoms with Gasteiger partial charge in [0.25, 0.3) is 0 Å². The SMILES string of the molecule is C=CCNCC(=O)NCCN1CCSCC1. The Balaban J connectivity index is 1.96. The topological polar surface area (TPSA) is 44.4 Å². The zero-order valence-corrected chi connectivity index (χ0v) is 10.5. The minimum atomic E-state index is 0.0632. The Labute approximate surface area is 102 Å². The van der Waals surface area contributed by atoms with Crippen molar-refractivity contribution in [2.45, 2.75) is 0 Å². The fourth-order valence-electron chi connectivity index (χ4n) is 1.53. The molecule has 2 N–H and O–H groups in total. The van der Waals surface area contributed by atoms with Crippen molar-refractivity contribution < 1.29 is 4.79 Å². The van der Waals surface area contributed by atoms with E-state index in [1.165, 1.54) is 11.5 Å². The molecule has 4 nitrogen and oxygen atoms in total. The summed E-state index contributed by atoms with van der Waals surface area (Å²) >= 11 is 2.00. The molecule has 92 valence electrons. The van der Waals surface area contributed by atoms with Crippen LogP contribution in [0.25, 0.3) is 0 Å². The molecule has 1 saturated heterocycles. The van der Waals surface area contributed by atoms with Gasteiger partial charge in [-0.05, 0) is 0 Å². The molecule has 0 saturated carbocycles. The van der Waals surface area contributed by atoms with E-state index in [0.717, 1.165) is 26.2 Å². The van der Waals surface area contributed by atoms with E-state index in [1.54, 1.807) is 6.08 Å². The van der Waals surface area contributed by atoms with E-state index < -0.39 is 0 Å². The van der Waals surface area contributed by atoms with Crippen molar-refractivity contribution in [2.24, 2.45) is 0 Å². The first-order valence-electron chi connectivity index (χ1n) is 5.71. The van der Waals surface area contributed by atoms with E-state index in [9.17, 15) is 4.79 Å². The molecule has 1 aliphatic rings. The van der Waals surface area contributed by atoms with Crippen LogP contribution in [0.3, 0.4) is 0 Å². The predicted octanol–water partition coefficient (Wildman–Crippen LogP) is -0.0730. The van der Waals surface area contributed by atoms with Gasteiger partial charge in [-0.25, -0.2) is 0 Å². The smallest absolute Gasteiger partial charge is 0.234 e. The summed E-state index contributed by atoms with van der Waals surface area (Å²) in [4.78, 5) is 13.7. The number of thioether (sulfide) groups is 1. The molecule has 1 rings (SSSR count). The molecule has 0 spiro atoms. The lowest BCUT2D eigenvalue weighted by Gasteiger charge is -2.25. The highest BCUT2D eigenvalue weighted by Crippen LogP contribution is 2.07. The number of amides is 1. The molecule has 0 radical (unpaired) electrons. The maximum Gasteiger partial charge on any atom is 0.234 e. The van der Waals surface area contributed by atoms with E-state index in [4.69, 9.17) is 0 Å². The van der Waals surface area contributed by atoms with Crippen LogP contribution in [0.15, 0.2) is 12.7 Å². The molecule has 0 bridgehead atoms. The van der Waals surface area contributed by atoms with Crippen LogP contribution in [0.4, 0.5) is 0 Å². The van der Waals surface area contributed by atoms with Crippen molar-refractivity contribution in [3.8, 4) is 0 Å². The second kappa shape index (κ2) is 8.61. The van der Waals surface area contributed by atoms with Crippen molar-refractivity contribution >= 4 is 17.7 Å². The van der Waals surface area contributed by atoms with Crippen molar-refractivity contribution in [3.05, 3.63) is 12.7 Å². The molecule has 0 aromatic heterocycles. The second-order valence-corrected chi connectivity index (χ2v) is 4.95. The quantitative estimate of drug-likeness (QED) is 0.485. The van der Waals surface area contributed by atoms with E-state index >= 15 is 0 Å². The zero-order valence-electron chi connectivity index (χ0n) is 9.71. The first-order valence-corrected chi connectivity index (χ1v) is 6.87. The van der Waals surface area contributed by atoms with Gasteiger partial charge in [0.1, 0.15) is 0 Å². The molecule has 1 aliphatic heterocycles. The van der Waals surface area contributed by atoms with Crippen molar-refractivity contribution in [1.29, 1.82) is 0 Å². The minimum absolute atomic E-state index is 0.0632. The Morgan fingerprint density at radius 1 is 1.44 bits per heavy atom. The lowest BCUT2D eigenvalue weighted by atomic mass is 10.4. The van der Waals surface area contributed by atoms with Crippen LogP contribution in [0, 0.1) is 0 Å². The molecule has 1 fully saturated rings. The van der Waals surface area contributed by atoms with Gasteiger partial charge in [-0.15, -0.1) is 6.58 Å². The first-order chi connectivity index (χ1) is 7.83. The third kappa shape index (κ3) is 6.15. The number of rotatable bonds is 7. The Bertz CT molecular complexity index is 217. The highest BCUT2D eigenvalue weighted by molar-refractivity contribution is 7.99. The molecule has 0 aromatic carbocycles. The predicted molar refractivity (Wildman–Crippen MR) is 69.8 cm³/mol. The summed E-state index contributed by atoms with van der Waals surface area (Å²) in [6.45, 7) is 8.64. The molecule has 1 amide bonds. The Morgan fingerprint density at radius 3 is 2.88 bits per heavy atom. The molecule has 0 atom stereocenters. The zero-order chi connectivity index (χ0) is 11.6. The van der Waals surface area contributed by atoms with Crippen LogP contribution < -0.4 is 10.6 Å². The Kier molecular flexibility index (Phi) is 7.29. The van der Waals surface area contributed by atoms with Crippen molar-refractivity contribution in [2.75, 3.05) is 50.8 Å². The fourth-order valence-corrected chi connectivity index (χ4v) is 2.51. The molecule has 16 heavy (non-hydrogen) atoms.